The minimum atomic E-state index is -0.473. The van der Waals surface area contributed by atoms with Crippen molar-refractivity contribution in [2.24, 2.45) is 0 Å². The lowest BCUT2D eigenvalue weighted by atomic mass is 10.1. The first kappa shape index (κ1) is 18.3. The molecule has 0 spiro atoms. The van der Waals surface area contributed by atoms with Gasteiger partial charge in [0, 0.05) is 24.5 Å². The molecule has 2 heterocycles. The van der Waals surface area contributed by atoms with Crippen molar-refractivity contribution in [3.8, 4) is 5.75 Å². The molecule has 6 nitrogen and oxygen atoms in total. The molecule has 0 bridgehead atoms. The minimum absolute atomic E-state index is 0.0991. The van der Waals surface area contributed by atoms with Gasteiger partial charge in [-0.05, 0) is 37.0 Å². The smallest absolute Gasteiger partial charge is 0.248 e. The van der Waals surface area contributed by atoms with Gasteiger partial charge < -0.3 is 15.0 Å². The van der Waals surface area contributed by atoms with Crippen molar-refractivity contribution < 1.29 is 18.7 Å². The van der Waals surface area contributed by atoms with Gasteiger partial charge in [0.25, 0.3) is 0 Å². The molecule has 26 heavy (non-hydrogen) atoms. The molecule has 1 N–H and O–H groups in total. The molecular weight excluding hydrogens is 357 g/mol. The first-order chi connectivity index (χ1) is 12.6. The van der Waals surface area contributed by atoms with E-state index < -0.39 is 11.9 Å². The lowest BCUT2D eigenvalue weighted by Crippen LogP contribution is -2.43. The van der Waals surface area contributed by atoms with Crippen LogP contribution in [-0.2, 0) is 16.0 Å². The zero-order chi connectivity index (χ0) is 18.5. The largest absolute Gasteiger partial charge is 0.494 e. The second-order valence-electron chi connectivity index (χ2n) is 6.04. The van der Waals surface area contributed by atoms with Gasteiger partial charge in [-0.3, -0.25) is 9.59 Å². The van der Waals surface area contributed by atoms with E-state index in [0.717, 1.165) is 12.0 Å². The average Bonchev–Trinajstić information content (AvgIpc) is 3.31. The number of nitrogens with zero attached hydrogens (tertiary/aromatic N) is 2. The highest BCUT2D eigenvalue weighted by atomic mass is 32.1. The number of nitrogens with one attached hydrogen (secondary N) is 1. The molecule has 0 saturated carbocycles. The Morgan fingerprint density at radius 2 is 2.31 bits per heavy atom. The molecule has 1 aromatic carbocycles. The molecule has 2 amide bonds. The van der Waals surface area contributed by atoms with Crippen LogP contribution in [0.5, 0.6) is 5.75 Å². The summed E-state index contributed by atoms with van der Waals surface area (Å²) in [4.78, 5) is 30.6. The van der Waals surface area contributed by atoms with E-state index in [-0.39, 0.29) is 24.0 Å². The Balaban J connectivity index is 1.58. The average molecular weight is 377 g/mol. The predicted molar refractivity (Wildman–Crippen MR) is 96.8 cm³/mol. The second-order valence-corrected chi connectivity index (χ2v) is 6.94. The quantitative estimate of drug-likeness (QED) is 0.840. The van der Waals surface area contributed by atoms with Gasteiger partial charge >= 0.3 is 0 Å². The third-order valence-corrected chi connectivity index (χ3v) is 5.07. The van der Waals surface area contributed by atoms with Crippen LogP contribution in [0.3, 0.4) is 0 Å². The molecule has 8 heteroatoms. The first-order valence-corrected chi connectivity index (χ1v) is 9.28. The molecule has 1 atom stereocenters. The van der Waals surface area contributed by atoms with Crippen LogP contribution >= 0.6 is 11.3 Å². The third-order valence-electron chi connectivity index (χ3n) is 4.38. The number of rotatable bonds is 6. The number of aryl methyl sites for hydroxylation is 1. The van der Waals surface area contributed by atoms with Crippen LogP contribution in [0, 0.1) is 5.82 Å². The number of hydrogen-bond acceptors (Lipinski definition) is 5. The molecule has 0 radical (unpaired) electrons. The van der Waals surface area contributed by atoms with Crippen molar-refractivity contribution in [1.82, 2.24) is 9.88 Å². The van der Waals surface area contributed by atoms with Gasteiger partial charge in [-0.1, -0.05) is 6.07 Å². The molecule has 1 aliphatic heterocycles. The highest BCUT2D eigenvalue weighted by molar-refractivity contribution is 7.13. The lowest BCUT2D eigenvalue weighted by Gasteiger charge is -2.23. The summed E-state index contributed by atoms with van der Waals surface area (Å²) in [6.45, 7) is 0.561. The van der Waals surface area contributed by atoms with Crippen LogP contribution in [0.4, 0.5) is 9.52 Å². The van der Waals surface area contributed by atoms with Crippen LogP contribution in [0.25, 0.3) is 0 Å². The van der Waals surface area contributed by atoms with E-state index in [4.69, 9.17) is 4.74 Å². The molecule has 138 valence electrons. The minimum Gasteiger partial charge on any atom is -0.494 e. The number of carbonyl (C=O) groups is 2. The van der Waals surface area contributed by atoms with Crippen molar-refractivity contribution in [2.75, 3.05) is 19.0 Å². The van der Waals surface area contributed by atoms with Gasteiger partial charge in [0.1, 0.15) is 6.04 Å². The van der Waals surface area contributed by atoms with Gasteiger partial charge in [0.05, 0.1) is 7.11 Å². The Morgan fingerprint density at radius 3 is 3.00 bits per heavy atom. The van der Waals surface area contributed by atoms with Gasteiger partial charge in [0.2, 0.25) is 11.8 Å². The van der Waals surface area contributed by atoms with E-state index in [1.807, 2.05) is 0 Å². The zero-order valence-corrected chi connectivity index (χ0v) is 15.2. The van der Waals surface area contributed by atoms with E-state index in [0.29, 0.717) is 24.5 Å². The number of likely N-dealkylation sites (tertiary alicyclic amines) is 1. The Labute approximate surface area is 155 Å². The fraction of sp³-hybridized carbons (Fsp3) is 0.389. The SMILES string of the molecule is COc1ccc(CCC(=O)N2CCCC2C(=O)Nc2nccs2)cc1F. The van der Waals surface area contributed by atoms with Crippen molar-refractivity contribution in [1.29, 1.82) is 0 Å². The van der Waals surface area contributed by atoms with E-state index in [2.05, 4.69) is 10.3 Å². The number of anilines is 1. The van der Waals surface area contributed by atoms with Crippen LogP contribution < -0.4 is 10.1 Å². The number of benzene rings is 1. The van der Waals surface area contributed by atoms with Crippen LogP contribution in [0.2, 0.25) is 0 Å². The summed E-state index contributed by atoms with van der Waals surface area (Å²) in [5.41, 5.74) is 0.722. The van der Waals surface area contributed by atoms with Crippen LogP contribution in [-0.4, -0.2) is 41.4 Å². The van der Waals surface area contributed by atoms with Crippen molar-refractivity contribution in [3.05, 3.63) is 41.2 Å². The number of aromatic nitrogens is 1. The Bertz CT molecular complexity index is 782. The fourth-order valence-corrected chi connectivity index (χ4v) is 3.60. The molecule has 1 aliphatic rings. The molecule has 0 aliphatic carbocycles. The molecule has 1 fully saturated rings. The number of carbonyl (C=O) groups excluding carboxylic acids is 2. The predicted octanol–water partition coefficient (Wildman–Crippen LogP) is 2.85. The van der Waals surface area contributed by atoms with Crippen molar-refractivity contribution in [3.63, 3.8) is 0 Å². The summed E-state index contributed by atoms with van der Waals surface area (Å²) in [7, 11) is 1.41. The fourth-order valence-electron chi connectivity index (χ4n) is 3.07. The summed E-state index contributed by atoms with van der Waals surface area (Å²) in [6, 6.07) is 4.20. The molecule has 2 aromatic rings. The number of amides is 2. The number of hydrogen-bond donors (Lipinski definition) is 1. The third kappa shape index (κ3) is 4.19. The van der Waals surface area contributed by atoms with Crippen molar-refractivity contribution >= 4 is 28.3 Å². The number of halogens is 1. The molecular formula is C18H20FN3O3S. The Kier molecular flexibility index (Phi) is 5.82. The van der Waals surface area contributed by atoms with E-state index in [1.165, 1.54) is 24.5 Å². The molecule has 3 rings (SSSR count). The topological polar surface area (TPSA) is 71.5 Å². The number of methoxy groups -OCH3 is 1. The maximum Gasteiger partial charge on any atom is 0.248 e. The van der Waals surface area contributed by atoms with Crippen LogP contribution in [0.15, 0.2) is 29.8 Å². The second kappa shape index (κ2) is 8.27. The lowest BCUT2D eigenvalue weighted by molar-refractivity contribution is -0.136. The zero-order valence-electron chi connectivity index (χ0n) is 14.4. The molecule has 1 unspecified atom stereocenters. The van der Waals surface area contributed by atoms with Gasteiger partial charge in [-0.15, -0.1) is 11.3 Å². The highest BCUT2D eigenvalue weighted by Crippen LogP contribution is 2.22. The summed E-state index contributed by atoms with van der Waals surface area (Å²) in [5.74, 6) is -0.572. The maximum atomic E-state index is 13.7. The summed E-state index contributed by atoms with van der Waals surface area (Å²) in [6.07, 6.45) is 3.69. The van der Waals surface area contributed by atoms with Gasteiger partial charge in [0.15, 0.2) is 16.7 Å². The maximum absolute atomic E-state index is 13.7. The van der Waals surface area contributed by atoms with E-state index in [9.17, 15) is 14.0 Å². The molecule has 1 saturated heterocycles. The highest BCUT2D eigenvalue weighted by Gasteiger charge is 2.34. The van der Waals surface area contributed by atoms with Gasteiger partial charge in [-0.2, -0.15) is 0 Å². The molecule has 1 aromatic heterocycles. The number of ether oxygens (including phenoxy) is 1. The summed E-state index contributed by atoms with van der Waals surface area (Å²) in [5, 5.41) is 5.06. The normalized spacial score (nSPS) is 16.5. The van der Waals surface area contributed by atoms with Crippen LogP contribution in [0.1, 0.15) is 24.8 Å². The van der Waals surface area contributed by atoms with Crippen molar-refractivity contribution in [2.45, 2.75) is 31.7 Å². The first-order valence-electron chi connectivity index (χ1n) is 8.40. The summed E-state index contributed by atoms with van der Waals surface area (Å²) >= 11 is 1.34. The van der Waals surface area contributed by atoms with E-state index >= 15 is 0 Å². The standard InChI is InChI=1S/C18H20FN3O3S/c1-25-15-6-4-12(11-13(15)19)5-7-16(23)22-9-2-3-14(22)17(24)21-18-20-8-10-26-18/h4,6,8,10-11,14H,2-3,5,7,9H2,1H3,(H,20,21,24). The Hall–Kier alpha value is -2.48. The van der Waals surface area contributed by atoms with Gasteiger partial charge in [-0.25, -0.2) is 9.37 Å². The summed E-state index contributed by atoms with van der Waals surface area (Å²) < 4.78 is 18.6. The number of thiazole rings is 1. The monoisotopic (exact) mass is 377 g/mol. The van der Waals surface area contributed by atoms with E-state index in [1.54, 1.807) is 28.6 Å². The Morgan fingerprint density at radius 1 is 1.46 bits per heavy atom.